The molecule has 0 saturated heterocycles. The lowest BCUT2D eigenvalue weighted by Gasteiger charge is -2.14. The molecule has 14 heteroatoms. The van der Waals surface area contributed by atoms with Gasteiger partial charge in [0.25, 0.3) is 0 Å². The molecule has 3 aromatic rings. The second-order valence-electron chi connectivity index (χ2n) is 8.35. The van der Waals surface area contributed by atoms with E-state index in [1.54, 1.807) is 0 Å². The SMILES string of the molecule is C=CC(=O)OCOc1ccc(C(=O)Oc2ccc(OC(=O)c3ccc(OCOC(=O)C=C)c(OCOC(=O)C=C)c3)c(F)c2)cc1. The number of hydrogen-bond donors (Lipinski definition) is 0. The van der Waals surface area contributed by atoms with Crippen molar-refractivity contribution >= 4 is 29.8 Å². The Labute approximate surface area is 260 Å². The number of benzene rings is 3. The molecule has 0 radical (unpaired) electrons. The van der Waals surface area contributed by atoms with Crippen LogP contribution in [0.5, 0.6) is 28.7 Å². The van der Waals surface area contributed by atoms with Gasteiger partial charge in [0.2, 0.25) is 20.4 Å². The molecule has 3 rings (SSSR count). The lowest BCUT2D eigenvalue weighted by molar-refractivity contribution is -0.146. The minimum Gasteiger partial charge on any atom is -0.457 e. The van der Waals surface area contributed by atoms with Gasteiger partial charge in [-0.1, -0.05) is 19.7 Å². The van der Waals surface area contributed by atoms with Gasteiger partial charge in [0.15, 0.2) is 23.1 Å². The van der Waals surface area contributed by atoms with Crippen molar-refractivity contribution in [1.82, 2.24) is 0 Å². The fourth-order valence-corrected chi connectivity index (χ4v) is 3.14. The van der Waals surface area contributed by atoms with E-state index >= 15 is 0 Å². The van der Waals surface area contributed by atoms with E-state index in [2.05, 4.69) is 19.7 Å². The van der Waals surface area contributed by atoms with Crippen LogP contribution in [0.25, 0.3) is 0 Å². The van der Waals surface area contributed by atoms with E-state index in [9.17, 15) is 28.4 Å². The van der Waals surface area contributed by atoms with E-state index in [4.69, 9.17) is 37.9 Å². The van der Waals surface area contributed by atoms with Crippen LogP contribution >= 0.6 is 0 Å². The van der Waals surface area contributed by atoms with Crippen LogP contribution in [0.4, 0.5) is 4.39 Å². The van der Waals surface area contributed by atoms with Gasteiger partial charge in [0.05, 0.1) is 11.1 Å². The Bertz CT molecular complexity index is 1630. The molecule has 0 atom stereocenters. The van der Waals surface area contributed by atoms with Gasteiger partial charge in [0.1, 0.15) is 11.5 Å². The maximum absolute atomic E-state index is 14.8. The molecule has 0 aliphatic carbocycles. The Morgan fingerprint density at radius 1 is 0.543 bits per heavy atom. The molecular formula is C32H25FO13. The van der Waals surface area contributed by atoms with E-state index in [-0.39, 0.29) is 35.2 Å². The molecule has 46 heavy (non-hydrogen) atoms. The zero-order chi connectivity index (χ0) is 33.5. The minimum absolute atomic E-state index is 0.00315. The van der Waals surface area contributed by atoms with Crippen molar-refractivity contribution in [2.45, 2.75) is 0 Å². The van der Waals surface area contributed by atoms with Crippen molar-refractivity contribution in [3.05, 3.63) is 116 Å². The van der Waals surface area contributed by atoms with E-state index < -0.39 is 55.0 Å². The number of carbonyl (C=O) groups is 5. The predicted octanol–water partition coefficient (Wildman–Crippen LogP) is 4.46. The molecule has 0 spiro atoms. The van der Waals surface area contributed by atoms with Crippen molar-refractivity contribution in [2.75, 3.05) is 20.4 Å². The van der Waals surface area contributed by atoms with Crippen LogP contribution in [0.15, 0.2) is 98.6 Å². The van der Waals surface area contributed by atoms with E-state index in [1.165, 1.54) is 42.5 Å². The fourth-order valence-electron chi connectivity index (χ4n) is 3.14. The average molecular weight is 637 g/mol. The first kappa shape index (κ1) is 34.1. The normalized spacial score (nSPS) is 9.93. The number of ether oxygens (including phenoxy) is 8. The highest BCUT2D eigenvalue weighted by Crippen LogP contribution is 2.30. The van der Waals surface area contributed by atoms with Gasteiger partial charge in [-0.3, -0.25) is 0 Å². The summed E-state index contributed by atoms with van der Waals surface area (Å²) in [4.78, 5) is 58.9. The third kappa shape index (κ3) is 10.4. The lowest BCUT2D eigenvalue weighted by atomic mass is 10.2. The lowest BCUT2D eigenvalue weighted by Crippen LogP contribution is -2.13. The van der Waals surface area contributed by atoms with Crippen LogP contribution in [0.1, 0.15) is 20.7 Å². The molecule has 0 bridgehead atoms. The summed E-state index contributed by atoms with van der Waals surface area (Å²) in [7, 11) is 0. The molecule has 0 unspecified atom stereocenters. The molecule has 0 aliphatic heterocycles. The molecule has 3 aromatic carbocycles. The van der Waals surface area contributed by atoms with Gasteiger partial charge in [-0.25, -0.2) is 28.4 Å². The van der Waals surface area contributed by atoms with Crippen molar-refractivity contribution in [2.24, 2.45) is 0 Å². The Hall–Kier alpha value is -6.44. The van der Waals surface area contributed by atoms with Crippen LogP contribution in [-0.2, 0) is 28.6 Å². The third-order valence-electron chi connectivity index (χ3n) is 5.34. The number of hydrogen-bond acceptors (Lipinski definition) is 13. The summed E-state index contributed by atoms with van der Waals surface area (Å²) in [6.45, 7) is 8.29. The zero-order valence-corrected chi connectivity index (χ0v) is 23.9. The van der Waals surface area contributed by atoms with Crippen LogP contribution in [0, 0.1) is 5.82 Å². The van der Waals surface area contributed by atoms with Gasteiger partial charge in [0, 0.05) is 24.3 Å². The molecule has 0 heterocycles. The fraction of sp³-hybridized carbons (Fsp3) is 0.0938. The van der Waals surface area contributed by atoms with Gasteiger partial charge < -0.3 is 37.9 Å². The maximum Gasteiger partial charge on any atom is 0.343 e. The van der Waals surface area contributed by atoms with Gasteiger partial charge in [-0.05, 0) is 54.6 Å². The molecule has 0 N–H and O–H groups in total. The smallest absolute Gasteiger partial charge is 0.343 e. The molecule has 0 aliphatic rings. The van der Waals surface area contributed by atoms with Crippen LogP contribution in [0.3, 0.4) is 0 Å². The van der Waals surface area contributed by atoms with Crippen molar-refractivity contribution in [1.29, 1.82) is 0 Å². The molecule has 0 amide bonds. The van der Waals surface area contributed by atoms with E-state index in [1.807, 2.05) is 0 Å². The molecule has 238 valence electrons. The van der Waals surface area contributed by atoms with Crippen LogP contribution in [-0.4, -0.2) is 50.2 Å². The predicted molar refractivity (Wildman–Crippen MR) is 155 cm³/mol. The van der Waals surface area contributed by atoms with Crippen molar-refractivity contribution in [3.8, 4) is 28.7 Å². The molecule has 13 nitrogen and oxygen atoms in total. The number of carbonyl (C=O) groups excluding carboxylic acids is 5. The maximum atomic E-state index is 14.8. The first-order chi connectivity index (χ1) is 22.1. The monoisotopic (exact) mass is 636 g/mol. The Kier molecular flexibility index (Phi) is 12.6. The van der Waals surface area contributed by atoms with Crippen LogP contribution in [0.2, 0.25) is 0 Å². The van der Waals surface area contributed by atoms with Crippen LogP contribution < -0.4 is 23.7 Å². The van der Waals surface area contributed by atoms with E-state index in [0.29, 0.717) is 5.75 Å². The summed E-state index contributed by atoms with van der Waals surface area (Å²) in [5.74, 6) is -5.52. The highest BCUT2D eigenvalue weighted by Gasteiger charge is 2.18. The summed E-state index contributed by atoms with van der Waals surface area (Å²) in [6, 6.07) is 12.4. The second kappa shape index (κ2) is 17.0. The molecular weight excluding hydrogens is 611 g/mol. The Morgan fingerprint density at radius 2 is 1.02 bits per heavy atom. The highest BCUT2D eigenvalue weighted by molar-refractivity contribution is 5.92. The van der Waals surface area contributed by atoms with Gasteiger partial charge in [-0.2, -0.15) is 0 Å². The number of esters is 5. The van der Waals surface area contributed by atoms with Gasteiger partial charge >= 0.3 is 29.8 Å². The first-order valence-corrected chi connectivity index (χ1v) is 12.9. The quantitative estimate of drug-likeness (QED) is 0.0714. The Balaban J connectivity index is 1.64. The zero-order valence-electron chi connectivity index (χ0n) is 23.9. The summed E-state index contributed by atoms with van der Waals surface area (Å²) in [5, 5.41) is 0. The standard InChI is InChI=1S/C32H25FO13/c1-4-28(34)42-17-39-22-10-7-20(8-11-22)31(37)45-23-12-14-25(24(33)16-23)46-32(38)21-9-13-26(40-18-43-29(35)5-2)27(15-21)41-19-44-30(36)6-3/h4-16H,1-3,17-19H2. The summed E-state index contributed by atoms with van der Waals surface area (Å²) in [5.41, 5.74) is -0.0170. The average Bonchev–Trinajstić information content (AvgIpc) is 3.06. The minimum atomic E-state index is -1.02. The molecule has 0 aromatic heterocycles. The second-order valence-corrected chi connectivity index (χ2v) is 8.35. The summed E-state index contributed by atoms with van der Waals surface area (Å²) >= 11 is 0. The number of halogens is 1. The third-order valence-corrected chi connectivity index (χ3v) is 5.34. The van der Waals surface area contributed by atoms with Gasteiger partial charge in [-0.15, -0.1) is 0 Å². The molecule has 0 saturated carbocycles. The summed E-state index contributed by atoms with van der Waals surface area (Å²) < 4.78 is 55.2. The number of rotatable bonds is 16. The molecule has 0 fully saturated rings. The largest absolute Gasteiger partial charge is 0.457 e. The highest BCUT2D eigenvalue weighted by atomic mass is 19.1. The van der Waals surface area contributed by atoms with E-state index in [0.717, 1.165) is 36.4 Å². The topological polar surface area (TPSA) is 159 Å². The van der Waals surface area contributed by atoms with Crippen molar-refractivity contribution in [3.63, 3.8) is 0 Å². The first-order valence-electron chi connectivity index (χ1n) is 12.9. The van der Waals surface area contributed by atoms with Crippen molar-refractivity contribution < 1.29 is 66.3 Å². The summed E-state index contributed by atoms with van der Waals surface area (Å²) in [6.07, 6.45) is 2.81. The Morgan fingerprint density at radius 3 is 1.59 bits per heavy atom.